The van der Waals surface area contributed by atoms with Crippen LogP contribution < -0.4 is 10.6 Å². The van der Waals surface area contributed by atoms with E-state index >= 15 is 0 Å². The first kappa shape index (κ1) is 22.0. The molecule has 0 bridgehead atoms. The van der Waals surface area contributed by atoms with E-state index in [0.29, 0.717) is 22.9 Å². The van der Waals surface area contributed by atoms with Gasteiger partial charge >= 0.3 is 12.0 Å². The van der Waals surface area contributed by atoms with Crippen LogP contribution in [0.1, 0.15) is 17.4 Å². The van der Waals surface area contributed by atoms with Crippen molar-refractivity contribution in [3.8, 4) is 33.1 Å². The number of hydrogen-bond acceptors (Lipinski definition) is 8. The highest BCUT2D eigenvalue weighted by Gasteiger charge is 2.17. The minimum Gasteiger partial charge on any atom is -0.464 e. The number of esters is 1. The molecule has 0 aliphatic heterocycles. The van der Waals surface area contributed by atoms with Gasteiger partial charge in [0.05, 0.1) is 12.8 Å². The number of rotatable bonds is 6. The number of anilines is 1. The van der Waals surface area contributed by atoms with Crippen LogP contribution in [0, 0.1) is 0 Å². The second kappa shape index (κ2) is 9.96. The van der Waals surface area contributed by atoms with Gasteiger partial charge in [0.25, 0.3) is 0 Å². The average molecular weight is 461 g/mol. The Balaban J connectivity index is 1.80. The fourth-order valence-corrected chi connectivity index (χ4v) is 3.94. The number of carbonyl (C=O) groups excluding carboxylic acids is 2. The predicted molar refractivity (Wildman–Crippen MR) is 126 cm³/mol. The molecular formula is C23H20N6O3S. The smallest absolute Gasteiger partial charge is 0.356 e. The Hall–Kier alpha value is -4.18. The Kier molecular flexibility index (Phi) is 6.65. The number of amides is 2. The molecule has 0 spiro atoms. The van der Waals surface area contributed by atoms with Crippen molar-refractivity contribution in [2.75, 3.05) is 19.0 Å². The number of methoxy groups -OCH3 is 1. The van der Waals surface area contributed by atoms with Crippen LogP contribution in [0.3, 0.4) is 0 Å². The summed E-state index contributed by atoms with van der Waals surface area (Å²) in [5.74, 6) is -0.163. The van der Waals surface area contributed by atoms with Crippen LogP contribution in [0.4, 0.5) is 10.6 Å². The van der Waals surface area contributed by atoms with Crippen molar-refractivity contribution in [3.63, 3.8) is 0 Å². The lowest BCUT2D eigenvalue weighted by molar-refractivity contribution is 0.0594. The fourth-order valence-electron chi connectivity index (χ4n) is 3.10. The van der Waals surface area contributed by atoms with Crippen LogP contribution in [0.25, 0.3) is 33.1 Å². The van der Waals surface area contributed by atoms with E-state index in [9.17, 15) is 9.59 Å². The predicted octanol–water partition coefficient (Wildman–Crippen LogP) is 4.26. The summed E-state index contributed by atoms with van der Waals surface area (Å²) >= 11 is 1.44. The summed E-state index contributed by atoms with van der Waals surface area (Å²) in [6.45, 7) is 2.32. The molecular weight excluding hydrogens is 440 g/mol. The third-order valence-electron chi connectivity index (χ3n) is 4.61. The van der Waals surface area contributed by atoms with Crippen molar-refractivity contribution in [1.82, 2.24) is 25.3 Å². The highest BCUT2D eigenvalue weighted by atomic mass is 32.1. The van der Waals surface area contributed by atoms with Gasteiger partial charge in [-0.2, -0.15) is 0 Å². The lowest BCUT2D eigenvalue weighted by Crippen LogP contribution is -2.28. The van der Waals surface area contributed by atoms with Crippen LogP contribution in [-0.2, 0) is 4.74 Å². The molecule has 10 heteroatoms. The van der Waals surface area contributed by atoms with Gasteiger partial charge in [-0.05, 0) is 42.8 Å². The Morgan fingerprint density at radius 1 is 1.03 bits per heavy atom. The number of urea groups is 1. The Morgan fingerprint density at radius 3 is 2.67 bits per heavy atom. The summed E-state index contributed by atoms with van der Waals surface area (Å²) in [7, 11) is 1.31. The zero-order valence-electron chi connectivity index (χ0n) is 17.9. The molecule has 4 rings (SSSR count). The minimum atomic E-state index is -0.535. The number of aromatic nitrogens is 4. The minimum absolute atomic E-state index is 0.179. The molecule has 166 valence electrons. The van der Waals surface area contributed by atoms with Gasteiger partial charge < -0.3 is 10.1 Å². The van der Waals surface area contributed by atoms with Crippen LogP contribution in [-0.4, -0.2) is 45.6 Å². The van der Waals surface area contributed by atoms with Crippen molar-refractivity contribution in [2.45, 2.75) is 6.92 Å². The molecule has 2 amide bonds. The van der Waals surface area contributed by atoms with Gasteiger partial charge in [-0.1, -0.05) is 6.07 Å². The standard InChI is InChI=1S/C23H20N6O3S/c1-3-24-23(31)29-20-11-15(21-28-19(13-33-21)17-6-4-5-8-25-17)16(12-27-20)14-7-9-26-18(10-14)22(30)32-2/h4-13H,3H2,1-2H3,(H2,24,27,29,31). The molecule has 0 radical (unpaired) electrons. The van der Waals surface area contributed by atoms with E-state index in [1.54, 1.807) is 30.6 Å². The van der Waals surface area contributed by atoms with Gasteiger partial charge in [0.15, 0.2) is 0 Å². The van der Waals surface area contributed by atoms with Gasteiger partial charge in [-0.25, -0.2) is 24.5 Å². The second-order valence-electron chi connectivity index (χ2n) is 6.77. The first-order valence-electron chi connectivity index (χ1n) is 10.1. The topological polar surface area (TPSA) is 119 Å². The number of nitrogens with zero attached hydrogens (tertiary/aromatic N) is 4. The normalized spacial score (nSPS) is 10.5. The molecule has 0 aromatic carbocycles. The second-order valence-corrected chi connectivity index (χ2v) is 7.63. The van der Waals surface area contributed by atoms with E-state index in [1.165, 1.54) is 24.6 Å². The van der Waals surface area contributed by atoms with Crippen LogP contribution in [0.5, 0.6) is 0 Å². The zero-order chi connectivity index (χ0) is 23.2. The summed E-state index contributed by atoms with van der Waals surface area (Å²) in [6.07, 6.45) is 4.88. The van der Waals surface area contributed by atoms with E-state index in [2.05, 4.69) is 25.6 Å². The van der Waals surface area contributed by atoms with Crippen LogP contribution >= 0.6 is 11.3 Å². The van der Waals surface area contributed by atoms with Gasteiger partial charge in [0, 0.05) is 41.6 Å². The average Bonchev–Trinajstić information content (AvgIpc) is 3.34. The summed E-state index contributed by atoms with van der Waals surface area (Å²) < 4.78 is 4.79. The Morgan fingerprint density at radius 2 is 1.91 bits per heavy atom. The number of nitrogens with one attached hydrogen (secondary N) is 2. The highest BCUT2D eigenvalue weighted by Crippen LogP contribution is 2.36. The largest absolute Gasteiger partial charge is 0.464 e. The highest BCUT2D eigenvalue weighted by molar-refractivity contribution is 7.13. The van der Waals surface area contributed by atoms with Crippen molar-refractivity contribution < 1.29 is 14.3 Å². The van der Waals surface area contributed by atoms with Crippen molar-refractivity contribution in [2.24, 2.45) is 0 Å². The van der Waals surface area contributed by atoms with E-state index < -0.39 is 5.97 Å². The molecule has 4 aromatic rings. The van der Waals surface area contributed by atoms with E-state index in [0.717, 1.165) is 22.5 Å². The Labute approximate surface area is 193 Å². The molecule has 0 saturated heterocycles. The first-order valence-corrected chi connectivity index (χ1v) is 10.9. The number of hydrogen-bond donors (Lipinski definition) is 2. The van der Waals surface area contributed by atoms with Crippen molar-refractivity contribution in [3.05, 3.63) is 66.1 Å². The third-order valence-corrected chi connectivity index (χ3v) is 5.49. The SMILES string of the molecule is CCNC(=O)Nc1cc(-c2nc(-c3ccccn3)cs2)c(-c2ccnc(C(=O)OC)c2)cn1. The Bertz CT molecular complexity index is 1290. The zero-order valence-corrected chi connectivity index (χ0v) is 18.7. The van der Waals surface area contributed by atoms with Crippen molar-refractivity contribution in [1.29, 1.82) is 0 Å². The summed E-state index contributed by atoms with van der Waals surface area (Å²) in [5.41, 5.74) is 3.86. The number of pyridine rings is 3. The maximum atomic E-state index is 12.0. The maximum absolute atomic E-state index is 12.0. The van der Waals surface area contributed by atoms with Gasteiger partial charge in [-0.3, -0.25) is 10.3 Å². The molecule has 4 aromatic heterocycles. The molecule has 0 aliphatic rings. The monoisotopic (exact) mass is 460 g/mol. The van der Waals surface area contributed by atoms with Crippen molar-refractivity contribution >= 4 is 29.2 Å². The third kappa shape index (κ3) is 5.01. The molecule has 0 atom stereocenters. The van der Waals surface area contributed by atoms with Crippen LogP contribution in [0.15, 0.2) is 60.4 Å². The lowest BCUT2D eigenvalue weighted by Gasteiger charge is -2.11. The fraction of sp³-hybridized carbons (Fsp3) is 0.130. The van der Waals surface area contributed by atoms with E-state index in [1.807, 2.05) is 30.5 Å². The summed E-state index contributed by atoms with van der Waals surface area (Å²) in [5, 5.41) is 8.04. The molecule has 4 heterocycles. The number of thiazole rings is 1. The van der Waals surface area contributed by atoms with Gasteiger partial charge in [-0.15, -0.1) is 11.3 Å². The maximum Gasteiger partial charge on any atom is 0.356 e. The first-order chi connectivity index (χ1) is 16.1. The molecule has 2 N–H and O–H groups in total. The molecule has 0 aliphatic carbocycles. The summed E-state index contributed by atoms with van der Waals surface area (Å²) in [4.78, 5) is 41.6. The number of carbonyl (C=O) groups is 2. The molecule has 0 unspecified atom stereocenters. The van der Waals surface area contributed by atoms with E-state index in [4.69, 9.17) is 9.72 Å². The molecule has 33 heavy (non-hydrogen) atoms. The van der Waals surface area contributed by atoms with Crippen LogP contribution in [0.2, 0.25) is 0 Å². The number of ether oxygens (including phenoxy) is 1. The quantitative estimate of drug-likeness (QED) is 0.413. The summed E-state index contributed by atoms with van der Waals surface area (Å²) in [6, 6.07) is 10.4. The molecule has 0 fully saturated rings. The van der Waals surface area contributed by atoms with E-state index in [-0.39, 0.29) is 11.7 Å². The molecule has 0 saturated carbocycles. The van der Waals surface area contributed by atoms with Gasteiger partial charge in [0.1, 0.15) is 22.2 Å². The van der Waals surface area contributed by atoms with Gasteiger partial charge in [0.2, 0.25) is 0 Å². The molecule has 9 nitrogen and oxygen atoms in total. The lowest BCUT2D eigenvalue weighted by atomic mass is 10.0.